The number of carbonyl (C=O) groups excluding carboxylic acids is 1. The molecule has 2 nitrogen and oxygen atoms in total. The lowest BCUT2D eigenvalue weighted by Gasteiger charge is -2.23. The molecule has 2 aromatic carbocycles. The number of carbonyl (C=O) groups is 1. The predicted molar refractivity (Wildman–Crippen MR) is 89.0 cm³/mol. The van der Waals surface area contributed by atoms with Crippen LogP contribution in [0.1, 0.15) is 41.5 Å². The molecule has 0 saturated heterocycles. The van der Waals surface area contributed by atoms with Crippen molar-refractivity contribution in [3.63, 3.8) is 0 Å². The average Bonchev–Trinajstić information content (AvgIpc) is 2.60. The Labute approximate surface area is 130 Å². The number of hydrogen-bond donors (Lipinski definition) is 1. The van der Waals surface area contributed by atoms with Crippen LogP contribution in [0, 0.1) is 6.92 Å². The van der Waals surface area contributed by atoms with Gasteiger partial charge in [0.1, 0.15) is 0 Å². The van der Waals surface area contributed by atoms with E-state index in [-0.39, 0.29) is 17.7 Å². The number of fused-ring (bicyclic) bond motifs is 4. The summed E-state index contributed by atoms with van der Waals surface area (Å²) < 4.78 is 0. The number of benzene rings is 2. The van der Waals surface area contributed by atoms with E-state index in [1.54, 1.807) is 0 Å². The summed E-state index contributed by atoms with van der Waals surface area (Å²) in [5.41, 5.74) is 5.56. The molecule has 0 saturated carbocycles. The third kappa shape index (κ3) is 2.07. The average molecular weight is 289 g/mol. The molecule has 1 heterocycles. The van der Waals surface area contributed by atoms with E-state index in [1.165, 1.54) is 5.56 Å². The fraction of sp³-hybridized carbons (Fsp3) is 0.250. The molecule has 1 aliphatic heterocycles. The third-order valence-electron chi connectivity index (χ3n) is 4.78. The summed E-state index contributed by atoms with van der Waals surface area (Å²) in [4.78, 5) is 12.9. The van der Waals surface area contributed by atoms with Crippen LogP contribution in [0.15, 0.2) is 60.2 Å². The molecule has 0 radical (unpaired) electrons. The smallest absolute Gasteiger partial charge is 0.168 e. The van der Waals surface area contributed by atoms with Crippen molar-refractivity contribution in [2.45, 2.75) is 31.7 Å². The highest BCUT2D eigenvalue weighted by Gasteiger charge is 2.36. The van der Waals surface area contributed by atoms with Crippen LogP contribution in [0.25, 0.3) is 0 Å². The van der Waals surface area contributed by atoms with E-state index in [0.29, 0.717) is 0 Å². The highest BCUT2D eigenvalue weighted by molar-refractivity contribution is 6.04. The van der Waals surface area contributed by atoms with Crippen molar-refractivity contribution < 1.29 is 4.79 Å². The molecule has 0 spiro atoms. The highest BCUT2D eigenvalue weighted by Crippen LogP contribution is 2.43. The van der Waals surface area contributed by atoms with Crippen LogP contribution in [-0.2, 0) is 4.79 Å². The Morgan fingerprint density at radius 1 is 1.05 bits per heavy atom. The molecule has 1 N–H and O–H groups in total. The zero-order chi connectivity index (χ0) is 15.1. The highest BCUT2D eigenvalue weighted by atomic mass is 16.1. The molecular formula is C20H19NO. The van der Waals surface area contributed by atoms with Gasteiger partial charge in [0.25, 0.3) is 0 Å². The Hall–Kier alpha value is -2.35. The van der Waals surface area contributed by atoms with Gasteiger partial charge in [-0.1, -0.05) is 54.1 Å². The fourth-order valence-corrected chi connectivity index (χ4v) is 3.58. The molecule has 2 heteroatoms. The van der Waals surface area contributed by atoms with E-state index in [0.717, 1.165) is 35.2 Å². The molecule has 0 aromatic heterocycles. The van der Waals surface area contributed by atoms with Gasteiger partial charge in [0.15, 0.2) is 5.78 Å². The summed E-state index contributed by atoms with van der Waals surface area (Å²) in [5.74, 6) is 0.299. The lowest BCUT2D eigenvalue weighted by molar-refractivity contribution is -0.117. The van der Waals surface area contributed by atoms with Gasteiger partial charge in [-0.2, -0.15) is 0 Å². The molecule has 22 heavy (non-hydrogen) atoms. The Morgan fingerprint density at radius 3 is 2.64 bits per heavy atom. The Bertz CT molecular complexity index is 758. The minimum atomic E-state index is -0.0421. The number of nitrogens with one attached hydrogen (secondary N) is 1. The Balaban J connectivity index is 1.87. The van der Waals surface area contributed by atoms with Crippen LogP contribution in [0.2, 0.25) is 0 Å². The normalized spacial score (nSPS) is 23.1. The first-order chi connectivity index (χ1) is 10.7. The molecule has 2 bridgehead atoms. The number of hydrogen-bond acceptors (Lipinski definition) is 2. The maximum Gasteiger partial charge on any atom is 0.168 e. The maximum atomic E-state index is 12.9. The largest absolute Gasteiger partial charge is 0.374 e. The second-order valence-corrected chi connectivity index (χ2v) is 6.23. The van der Waals surface area contributed by atoms with Crippen molar-refractivity contribution in [3.05, 3.63) is 76.9 Å². The lowest BCUT2D eigenvalue weighted by Crippen LogP contribution is -2.22. The van der Waals surface area contributed by atoms with Crippen molar-refractivity contribution in [2.75, 3.05) is 5.32 Å². The van der Waals surface area contributed by atoms with E-state index in [9.17, 15) is 4.79 Å². The first-order valence-corrected chi connectivity index (χ1v) is 7.90. The van der Waals surface area contributed by atoms with Crippen LogP contribution in [0.3, 0.4) is 0 Å². The van der Waals surface area contributed by atoms with E-state index in [4.69, 9.17) is 0 Å². The van der Waals surface area contributed by atoms with Gasteiger partial charge in [0, 0.05) is 17.2 Å². The van der Waals surface area contributed by atoms with Gasteiger partial charge in [0.2, 0.25) is 0 Å². The van der Waals surface area contributed by atoms with Crippen LogP contribution in [-0.4, -0.2) is 5.78 Å². The zero-order valence-electron chi connectivity index (χ0n) is 12.7. The molecule has 0 fully saturated rings. The lowest BCUT2D eigenvalue weighted by atomic mass is 9.80. The Morgan fingerprint density at radius 2 is 1.82 bits per heavy atom. The molecule has 2 aliphatic rings. The SMILES string of the molecule is Cc1ccc(C2Nc3ccccc3C3CCC=C2C3=O)cc1. The fourth-order valence-electron chi connectivity index (χ4n) is 3.58. The molecule has 0 amide bonds. The number of aryl methyl sites for hydroxylation is 1. The minimum absolute atomic E-state index is 0.0131. The van der Waals surface area contributed by atoms with Crippen LogP contribution >= 0.6 is 0 Å². The summed E-state index contributed by atoms with van der Waals surface area (Å²) in [6.45, 7) is 2.08. The summed E-state index contributed by atoms with van der Waals surface area (Å²) >= 11 is 0. The molecule has 2 aromatic rings. The quantitative estimate of drug-likeness (QED) is 0.835. The number of Topliss-reactive ketones (excluding diaryl/α,β-unsaturated/α-hetero) is 1. The number of ketones is 1. The predicted octanol–water partition coefficient (Wildman–Crippen LogP) is 4.53. The van der Waals surface area contributed by atoms with Gasteiger partial charge >= 0.3 is 0 Å². The third-order valence-corrected chi connectivity index (χ3v) is 4.78. The van der Waals surface area contributed by atoms with Gasteiger partial charge in [0.05, 0.1) is 6.04 Å². The minimum Gasteiger partial charge on any atom is -0.374 e. The summed E-state index contributed by atoms with van der Waals surface area (Å²) in [6.07, 6.45) is 4.02. The number of rotatable bonds is 1. The summed E-state index contributed by atoms with van der Waals surface area (Å²) in [7, 11) is 0. The molecule has 4 rings (SSSR count). The monoisotopic (exact) mass is 289 g/mol. The van der Waals surface area contributed by atoms with E-state index >= 15 is 0 Å². The van der Waals surface area contributed by atoms with Crippen LogP contribution in [0.4, 0.5) is 5.69 Å². The Kier molecular flexibility index (Phi) is 3.11. The van der Waals surface area contributed by atoms with Crippen molar-refractivity contribution in [3.8, 4) is 0 Å². The van der Waals surface area contributed by atoms with Crippen molar-refractivity contribution in [1.82, 2.24) is 0 Å². The van der Waals surface area contributed by atoms with Crippen molar-refractivity contribution >= 4 is 11.5 Å². The van der Waals surface area contributed by atoms with Gasteiger partial charge in [-0.15, -0.1) is 0 Å². The number of allylic oxidation sites excluding steroid dienone is 1. The topological polar surface area (TPSA) is 29.1 Å². The summed E-state index contributed by atoms with van der Waals surface area (Å²) in [5, 5.41) is 3.61. The molecule has 110 valence electrons. The van der Waals surface area contributed by atoms with Gasteiger partial charge in [-0.05, 0) is 37.0 Å². The standard InChI is InChI=1S/C20H19NO/c1-13-9-11-14(12-10-13)19-17-7-4-6-16(20(17)22)15-5-2-3-8-18(15)21-19/h2-3,5,7-12,16,19,21H,4,6H2,1H3. The summed E-state index contributed by atoms with van der Waals surface area (Å²) in [6, 6.07) is 16.7. The van der Waals surface area contributed by atoms with Crippen LogP contribution < -0.4 is 5.32 Å². The molecule has 2 unspecified atom stereocenters. The van der Waals surface area contributed by atoms with E-state index in [1.807, 2.05) is 12.1 Å². The maximum absolute atomic E-state index is 12.9. The first-order valence-electron chi connectivity index (χ1n) is 7.90. The molecule has 1 aliphatic carbocycles. The van der Waals surface area contributed by atoms with Crippen molar-refractivity contribution in [2.24, 2.45) is 0 Å². The molecular weight excluding hydrogens is 270 g/mol. The second-order valence-electron chi connectivity index (χ2n) is 6.23. The first kappa shape index (κ1) is 13.3. The second kappa shape index (κ2) is 5.13. The van der Waals surface area contributed by atoms with Crippen LogP contribution in [0.5, 0.6) is 0 Å². The number of anilines is 1. The molecule has 2 atom stereocenters. The number of para-hydroxylation sites is 1. The van der Waals surface area contributed by atoms with Gasteiger partial charge < -0.3 is 5.32 Å². The van der Waals surface area contributed by atoms with Gasteiger partial charge in [-0.25, -0.2) is 0 Å². The van der Waals surface area contributed by atoms with Crippen molar-refractivity contribution in [1.29, 1.82) is 0 Å². The van der Waals surface area contributed by atoms with Gasteiger partial charge in [-0.3, -0.25) is 4.79 Å². The zero-order valence-corrected chi connectivity index (χ0v) is 12.7. The van der Waals surface area contributed by atoms with E-state index < -0.39 is 0 Å². The van der Waals surface area contributed by atoms with E-state index in [2.05, 4.69) is 54.7 Å².